The predicted molar refractivity (Wildman–Crippen MR) is 125 cm³/mol. The van der Waals surface area contributed by atoms with E-state index in [0.29, 0.717) is 19.8 Å². The van der Waals surface area contributed by atoms with E-state index in [9.17, 15) is 0 Å². The number of rotatable bonds is 14. The first kappa shape index (κ1) is 26.9. The summed E-state index contributed by atoms with van der Waals surface area (Å²) in [5.74, 6) is 0.891. The third-order valence-corrected chi connectivity index (χ3v) is 4.71. The van der Waals surface area contributed by atoms with Gasteiger partial charge in [0.15, 0.2) is 5.96 Å². The van der Waals surface area contributed by atoms with Crippen molar-refractivity contribution in [1.82, 2.24) is 15.5 Å². The van der Waals surface area contributed by atoms with Crippen molar-refractivity contribution in [2.75, 3.05) is 59.2 Å². The van der Waals surface area contributed by atoms with Crippen LogP contribution in [0.5, 0.6) is 0 Å². The molecule has 1 unspecified atom stereocenters. The number of nitrogens with one attached hydrogen (secondary N) is 2. The fourth-order valence-corrected chi connectivity index (χ4v) is 3.11. The highest BCUT2D eigenvalue weighted by Gasteiger charge is 2.16. The SMILES string of the molecule is CCCCOCCOCCNC(=NCCCN1CCCCC1C)NCC.I. The van der Waals surface area contributed by atoms with Gasteiger partial charge in [-0.05, 0) is 46.1 Å². The highest BCUT2D eigenvalue weighted by Crippen LogP contribution is 2.16. The number of hydrogen-bond acceptors (Lipinski definition) is 4. The Morgan fingerprint density at radius 2 is 1.81 bits per heavy atom. The van der Waals surface area contributed by atoms with E-state index < -0.39 is 0 Å². The average Bonchev–Trinajstić information content (AvgIpc) is 2.65. The van der Waals surface area contributed by atoms with Crippen molar-refractivity contribution < 1.29 is 9.47 Å². The van der Waals surface area contributed by atoms with Crippen LogP contribution in [0.15, 0.2) is 4.99 Å². The Bertz CT molecular complexity index is 359. The van der Waals surface area contributed by atoms with Crippen molar-refractivity contribution in [3.05, 3.63) is 0 Å². The summed E-state index contributed by atoms with van der Waals surface area (Å²) in [4.78, 5) is 7.29. The van der Waals surface area contributed by atoms with E-state index in [1.165, 1.54) is 32.2 Å². The van der Waals surface area contributed by atoms with Crippen molar-refractivity contribution in [2.45, 2.75) is 65.3 Å². The smallest absolute Gasteiger partial charge is 0.191 e. The van der Waals surface area contributed by atoms with Crippen LogP contribution < -0.4 is 10.6 Å². The molecule has 1 saturated heterocycles. The van der Waals surface area contributed by atoms with Gasteiger partial charge in [0.2, 0.25) is 0 Å². The van der Waals surface area contributed by atoms with Crippen LogP contribution in [0.4, 0.5) is 0 Å². The van der Waals surface area contributed by atoms with Crippen molar-refractivity contribution in [1.29, 1.82) is 0 Å². The van der Waals surface area contributed by atoms with Gasteiger partial charge in [-0.25, -0.2) is 0 Å². The van der Waals surface area contributed by atoms with Gasteiger partial charge in [-0.1, -0.05) is 19.8 Å². The molecule has 0 aromatic carbocycles. The summed E-state index contributed by atoms with van der Waals surface area (Å²) >= 11 is 0. The Hall–Kier alpha value is -0.120. The molecule has 1 rings (SSSR count). The molecule has 1 fully saturated rings. The lowest BCUT2D eigenvalue weighted by atomic mass is 10.0. The molecule has 7 heteroatoms. The molecule has 0 bridgehead atoms. The number of guanidine groups is 1. The summed E-state index contributed by atoms with van der Waals surface area (Å²) in [7, 11) is 0. The largest absolute Gasteiger partial charge is 0.379 e. The van der Waals surface area contributed by atoms with Gasteiger partial charge in [0.25, 0.3) is 0 Å². The summed E-state index contributed by atoms with van der Waals surface area (Å²) in [6.07, 6.45) is 7.50. The maximum Gasteiger partial charge on any atom is 0.191 e. The highest BCUT2D eigenvalue weighted by atomic mass is 127. The standard InChI is InChI=1S/C20H42N4O2.HI/c1-4-6-15-25-17-18-26-16-12-23-20(21-5-2)22-11-9-14-24-13-8-7-10-19(24)3;/h19H,4-18H2,1-3H3,(H2,21,22,23);1H. The third-order valence-electron chi connectivity index (χ3n) is 4.71. The molecule has 1 heterocycles. The zero-order chi connectivity index (χ0) is 18.9. The van der Waals surface area contributed by atoms with Crippen LogP contribution in [0.1, 0.15) is 59.3 Å². The topological polar surface area (TPSA) is 58.1 Å². The molecule has 27 heavy (non-hydrogen) atoms. The Morgan fingerprint density at radius 1 is 1.04 bits per heavy atom. The minimum Gasteiger partial charge on any atom is -0.379 e. The minimum absolute atomic E-state index is 0. The lowest BCUT2D eigenvalue weighted by Gasteiger charge is -2.33. The Morgan fingerprint density at radius 3 is 2.52 bits per heavy atom. The Labute approximate surface area is 184 Å². The molecule has 1 aliphatic heterocycles. The van der Waals surface area contributed by atoms with Crippen molar-refractivity contribution >= 4 is 29.9 Å². The minimum atomic E-state index is 0. The van der Waals surface area contributed by atoms with Crippen molar-refractivity contribution in [3.63, 3.8) is 0 Å². The van der Waals surface area contributed by atoms with Gasteiger partial charge in [-0.15, -0.1) is 24.0 Å². The van der Waals surface area contributed by atoms with Crippen molar-refractivity contribution in [2.24, 2.45) is 4.99 Å². The van der Waals surface area contributed by atoms with E-state index in [0.717, 1.165) is 57.6 Å². The van der Waals surface area contributed by atoms with Crippen LogP contribution in [0, 0.1) is 0 Å². The number of aliphatic imine (C=N–C) groups is 1. The highest BCUT2D eigenvalue weighted by molar-refractivity contribution is 14.0. The third kappa shape index (κ3) is 14.5. The molecule has 0 radical (unpaired) electrons. The molecule has 162 valence electrons. The second kappa shape index (κ2) is 19.2. The van der Waals surface area contributed by atoms with Gasteiger partial charge in [0, 0.05) is 38.8 Å². The lowest BCUT2D eigenvalue weighted by molar-refractivity contribution is 0.0487. The van der Waals surface area contributed by atoms with Crippen LogP contribution in [-0.4, -0.2) is 76.1 Å². The van der Waals surface area contributed by atoms with Crippen LogP contribution in [0.3, 0.4) is 0 Å². The van der Waals surface area contributed by atoms with Crippen LogP contribution in [-0.2, 0) is 9.47 Å². The van der Waals surface area contributed by atoms with Crippen molar-refractivity contribution in [3.8, 4) is 0 Å². The first-order valence-electron chi connectivity index (χ1n) is 10.7. The van der Waals surface area contributed by atoms with E-state index in [2.05, 4.69) is 41.3 Å². The van der Waals surface area contributed by atoms with E-state index in [-0.39, 0.29) is 24.0 Å². The number of piperidine rings is 1. The van der Waals surface area contributed by atoms with E-state index in [4.69, 9.17) is 9.47 Å². The Kier molecular flexibility index (Phi) is 19.1. The second-order valence-corrected chi connectivity index (χ2v) is 7.00. The monoisotopic (exact) mass is 498 g/mol. The maximum absolute atomic E-state index is 5.58. The van der Waals surface area contributed by atoms with Gasteiger partial charge >= 0.3 is 0 Å². The molecule has 0 aliphatic carbocycles. The van der Waals surface area contributed by atoms with Gasteiger partial charge in [0.05, 0.1) is 19.8 Å². The van der Waals surface area contributed by atoms with Gasteiger partial charge in [-0.3, -0.25) is 4.99 Å². The van der Waals surface area contributed by atoms with E-state index in [1.807, 2.05) is 0 Å². The molecule has 1 atom stereocenters. The number of unbranched alkanes of at least 4 members (excludes halogenated alkanes) is 1. The average molecular weight is 498 g/mol. The zero-order valence-corrected chi connectivity index (χ0v) is 20.1. The molecular weight excluding hydrogens is 455 g/mol. The first-order chi connectivity index (χ1) is 12.8. The fraction of sp³-hybridized carbons (Fsp3) is 0.950. The zero-order valence-electron chi connectivity index (χ0n) is 17.8. The molecule has 1 aliphatic rings. The van der Waals surface area contributed by atoms with E-state index >= 15 is 0 Å². The van der Waals surface area contributed by atoms with Gasteiger partial charge in [-0.2, -0.15) is 0 Å². The van der Waals surface area contributed by atoms with Crippen LogP contribution in [0.25, 0.3) is 0 Å². The fourth-order valence-electron chi connectivity index (χ4n) is 3.11. The predicted octanol–water partition coefficient (Wildman–Crippen LogP) is 3.26. The molecule has 0 saturated carbocycles. The quantitative estimate of drug-likeness (QED) is 0.167. The van der Waals surface area contributed by atoms with Crippen LogP contribution >= 0.6 is 24.0 Å². The summed E-state index contributed by atoms with van der Waals surface area (Å²) in [5.41, 5.74) is 0. The summed E-state index contributed by atoms with van der Waals surface area (Å²) in [6, 6.07) is 0.738. The number of halogens is 1. The number of hydrogen-bond donors (Lipinski definition) is 2. The normalized spacial score (nSPS) is 18.2. The Balaban J connectivity index is 0.00000676. The number of nitrogens with zero attached hydrogens (tertiary/aromatic N) is 2. The molecular formula is C20H43IN4O2. The number of ether oxygens (including phenoxy) is 2. The summed E-state index contributed by atoms with van der Waals surface area (Å²) < 4.78 is 11.1. The summed E-state index contributed by atoms with van der Waals surface area (Å²) in [6.45, 7) is 14.4. The first-order valence-corrected chi connectivity index (χ1v) is 10.7. The molecule has 2 N–H and O–H groups in total. The van der Waals surface area contributed by atoms with E-state index in [1.54, 1.807) is 0 Å². The van der Waals surface area contributed by atoms with Crippen LogP contribution in [0.2, 0.25) is 0 Å². The molecule has 0 spiro atoms. The number of likely N-dealkylation sites (tertiary alicyclic amines) is 1. The molecule has 0 aromatic heterocycles. The maximum atomic E-state index is 5.58. The molecule has 6 nitrogen and oxygen atoms in total. The summed E-state index contributed by atoms with van der Waals surface area (Å²) in [5, 5.41) is 6.64. The lowest BCUT2D eigenvalue weighted by Crippen LogP contribution is -2.40. The molecule has 0 aromatic rings. The molecule has 0 amide bonds. The second-order valence-electron chi connectivity index (χ2n) is 7.00. The van der Waals surface area contributed by atoms with Gasteiger partial charge < -0.3 is 25.0 Å². The van der Waals surface area contributed by atoms with Gasteiger partial charge in [0.1, 0.15) is 0 Å².